The SMILES string of the molecule is O=C(CCN1C(=O)CCc2ccccc21)N[C@H]1CC[C@@H](C(=O)O)C1. The van der Waals surface area contributed by atoms with E-state index in [0.29, 0.717) is 32.2 Å². The molecule has 128 valence electrons. The molecule has 0 unspecified atom stereocenters. The van der Waals surface area contributed by atoms with Gasteiger partial charge in [0.2, 0.25) is 11.8 Å². The summed E-state index contributed by atoms with van der Waals surface area (Å²) >= 11 is 0. The summed E-state index contributed by atoms with van der Waals surface area (Å²) in [7, 11) is 0. The number of benzene rings is 1. The second-order valence-electron chi connectivity index (χ2n) is 6.54. The summed E-state index contributed by atoms with van der Waals surface area (Å²) in [5, 5.41) is 11.9. The van der Waals surface area contributed by atoms with Gasteiger partial charge in [0.05, 0.1) is 5.92 Å². The molecule has 6 heteroatoms. The smallest absolute Gasteiger partial charge is 0.306 e. The normalized spacial score (nSPS) is 23.0. The van der Waals surface area contributed by atoms with E-state index in [2.05, 4.69) is 5.32 Å². The quantitative estimate of drug-likeness (QED) is 0.861. The Kier molecular flexibility index (Phi) is 4.83. The van der Waals surface area contributed by atoms with E-state index in [0.717, 1.165) is 17.7 Å². The zero-order chi connectivity index (χ0) is 17.1. The summed E-state index contributed by atoms with van der Waals surface area (Å²) in [6.07, 6.45) is 3.26. The largest absolute Gasteiger partial charge is 0.481 e. The number of nitrogens with zero attached hydrogens (tertiary/aromatic N) is 1. The van der Waals surface area contributed by atoms with Crippen molar-refractivity contribution < 1.29 is 19.5 Å². The van der Waals surface area contributed by atoms with Crippen LogP contribution in [0.15, 0.2) is 24.3 Å². The van der Waals surface area contributed by atoms with Crippen molar-refractivity contribution in [2.24, 2.45) is 5.92 Å². The molecule has 24 heavy (non-hydrogen) atoms. The Morgan fingerprint density at radius 1 is 1.21 bits per heavy atom. The van der Waals surface area contributed by atoms with Gasteiger partial charge in [0.25, 0.3) is 0 Å². The van der Waals surface area contributed by atoms with Crippen LogP contribution in [-0.2, 0) is 20.8 Å². The van der Waals surface area contributed by atoms with Crippen molar-refractivity contribution in [3.63, 3.8) is 0 Å². The summed E-state index contributed by atoms with van der Waals surface area (Å²) in [5.41, 5.74) is 2.03. The van der Waals surface area contributed by atoms with Gasteiger partial charge in [-0.3, -0.25) is 14.4 Å². The lowest BCUT2D eigenvalue weighted by Crippen LogP contribution is -2.40. The van der Waals surface area contributed by atoms with Crippen molar-refractivity contribution in [1.82, 2.24) is 5.32 Å². The van der Waals surface area contributed by atoms with Crippen LogP contribution in [0.1, 0.15) is 37.7 Å². The molecule has 2 atom stereocenters. The molecule has 0 radical (unpaired) electrons. The van der Waals surface area contributed by atoms with E-state index in [-0.39, 0.29) is 30.2 Å². The van der Waals surface area contributed by atoms with Crippen LogP contribution < -0.4 is 10.2 Å². The highest BCUT2D eigenvalue weighted by atomic mass is 16.4. The molecule has 1 fully saturated rings. The highest BCUT2D eigenvalue weighted by Gasteiger charge is 2.31. The number of amides is 2. The minimum absolute atomic E-state index is 0.0494. The maximum absolute atomic E-state index is 12.2. The van der Waals surface area contributed by atoms with Crippen molar-refractivity contribution in [3.05, 3.63) is 29.8 Å². The molecule has 0 bridgehead atoms. The van der Waals surface area contributed by atoms with E-state index in [1.165, 1.54) is 0 Å². The van der Waals surface area contributed by atoms with E-state index >= 15 is 0 Å². The molecule has 1 aromatic rings. The van der Waals surface area contributed by atoms with Crippen LogP contribution in [0.4, 0.5) is 5.69 Å². The highest BCUT2D eigenvalue weighted by molar-refractivity contribution is 5.97. The lowest BCUT2D eigenvalue weighted by molar-refractivity contribution is -0.141. The van der Waals surface area contributed by atoms with Crippen LogP contribution >= 0.6 is 0 Å². The summed E-state index contributed by atoms with van der Waals surface area (Å²) in [6.45, 7) is 0.358. The van der Waals surface area contributed by atoms with Gasteiger partial charge < -0.3 is 15.3 Å². The number of hydrogen-bond donors (Lipinski definition) is 2. The van der Waals surface area contributed by atoms with Gasteiger partial charge in [0, 0.05) is 31.1 Å². The third-order valence-corrected chi connectivity index (χ3v) is 4.90. The van der Waals surface area contributed by atoms with Crippen LogP contribution in [-0.4, -0.2) is 35.5 Å². The van der Waals surface area contributed by atoms with E-state index in [1.54, 1.807) is 4.90 Å². The zero-order valence-electron chi connectivity index (χ0n) is 13.5. The summed E-state index contributed by atoms with van der Waals surface area (Å²) in [4.78, 5) is 37.0. The third-order valence-electron chi connectivity index (χ3n) is 4.90. The van der Waals surface area contributed by atoms with Crippen LogP contribution in [0.3, 0.4) is 0 Å². The zero-order valence-corrected chi connectivity index (χ0v) is 13.5. The number of carbonyl (C=O) groups excluding carboxylic acids is 2. The second kappa shape index (κ2) is 7.03. The molecule has 0 saturated heterocycles. The van der Waals surface area contributed by atoms with Crippen molar-refractivity contribution >= 4 is 23.5 Å². The Labute approximate surface area is 140 Å². The second-order valence-corrected chi connectivity index (χ2v) is 6.54. The summed E-state index contributed by atoms with van der Waals surface area (Å²) in [6, 6.07) is 7.72. The average molecular weight is 330 g/mol. The molecule has 3 rings (SSSR count). The maximum atomic E-state index is 12.2. The first-order valence-electron chi connectivity index (χ1n) is 8.45. The number of rotatable bonds is 5. The number of carboxylic acid groups (broad SMARTS) is 1. The van der Waals surface area contributed by atoms with Crippen LogP contribution in [0.25, 0.3) is 0 Å². The Morgan fingerprint density at radius 3 is 2.75 bits per heavy atom. The molecule has 1 aliphatic carbocycles. The maximum Gasteiger partial charge on any atom is 0.306 e. The number of para-hydroxylation sites is 1. The first-order chi connectivity index (χ1) is 11.5. The van der Waals surface area contributed by atoms with Crippen LogP contribution in [0, 0.1) is 5.92 Å². The van der Waals surface area contributed by atoms with Crippen LogP contribution in [0.5, 0.6) is 0 Å². The molecular weight excluding hydrogens is 308 g/mol. The fourth-order valence-corrected chi connectivity index (χ4v) is 3.59. The van der Waals surface area contributed by atoms with Gasteiger partial charge in [-0.2, -0.15) is 0 Å². The molecular formula is C18H22N2O4. The first kappa shape index (κ1) is 16.5. The van der Waals surface area contributed by atoms with Gasteiger partial charge in [0.1, 0.15) is 0 Å². The van der Waals surface area contributed by atoms with Crippen molar-refractivity contribution in [3.8, 4) is 0 Å². The minimum atomic E-state index is -0.790. The van der Waals surface area contributed by atoms with E-state index in [4.69, 9.17) is 5.11 Å². The van der Waals surface area contributed by atoms with Gasteiger partial charge in [-0.05, 0) is 37.3 Å². The predicted molar refractivity (Wildman–Crippen MR) is 88.6 cm³/mol. The lowest BCUT2D eigenvalue weighted by Gasteiger charge is -2.29. The van der Waals surface area contributed by atoms with Crippen molar-refractivity contribution in [2.45, 2.75) is 44.6 Å². The number of anilines is 1. The number of fused-ring (bicyclic) bond motifs is 1. The molecule has 1 aromatic carbocycles. The number of carboxylic acids is 1. The molecule has 2 amide bonds. The summed E-state index contributed by atoms with van der Waals surface area (Å²) in [5.74, 6) is -1.22. The number of aliphatic carboxylic acids is 1. The third kappa shape index (κ3) is 3.58. The molecule has 1 aliphatic heterocycles. The Morgan fingerprint density at radius 2 is 2.00 bits per heavy atom. The van der Waals surface area contributed by atoms with Gasteiger partial charge in [-0.1, -0.05) is 18.2 Å². The summed E-state index contributed by atoms with van der Waals surface area (Å²) < 4.78 is 0. The first-order valence-corrected chi connectivity index (χ1v) is 8.45. The number of aryl methyl sites for hydroxylation is 1. The molecule has 2 N–H and O–H groups in total. The molecule has 2 aliphatic rings. The monoisotopic (exact) mass is 330 g/mol. The fourth-order valence-electron chi connectivity index (χ4n) is 3.59. The Hall–Kier alpha value is -2.37. The number of hydrogen-bond acceptors (Lipinski definition) is 3. The van der Waals surface area contributed by atoms with E-state index in [1.807, 2.05) is 24.3 Å². The fraction of sp³-hybridized carbons (Fsp3) is 0.500. The molecule has 1 saturated carbocycles. The molecule has 0 spiro atoms. The van der Waals surface area contributed by atoms with Crippen molar-refractivity contribution in [2.75, 3.05) is 11.4 Å². The Bertz CT molecular complexity index is 658. The van der Waals surface area contributed by atoms with Gasteiger partial charge in [0.15, 0.2) is 0 Å². The minimum Gasteiger partial charge on any atom is -0.481 e. The number of carbonyl (C=O) groups is 3. The standard InChI is InChI=1S/C18H22N2O4/c21-16(19-14-7-5-13(11-14)18(23)24)9-10-20-15-4-2-1-3-12(15)6-8-17(20)22/h1-4,13-14H,5-11H2,(H,19,21)(H,23,24)/t13-,14+/m1/s1. The predicted octanol–water partition coefficient (Wildman–Crippen LogP) is 1.73. The molecule has 1 heterocycles. The van der Waals surface area contributed by atoms with Gasteiger partial charge in [-0.25, -0.2) is 0 Å². The number of nitrogens with one attached hydrogen (secondary N) is 1. The topological polar surface area (TPSA) is 86.7 Å². The van der Waals surface area contributed by atoms with Gasteiger partial charge >= 0.3 is 5.97 Å². The lowest BCUT2D eigenvalue weighted by atomic mass is 10.0. The van der Waals surface area contributed by atoms with Crippen molar-refractivity contribution in [1.29, 1.82) is 0 Å². The van der Waals surface area contributed by atoms with E-state index < -0.39 is 5.97 Å². The van der Waals surface area contributed by atoms with Crippen LogP contribution in [0.2, 0.25) is 0 Å². The van der Waals surface area contributed by atoms with Gasteiger partial charge in [-0.15, -0.1) is 0 Å². The van der Waals surface area contributed by atoms with E-state index in [9.17, 15) is 14.4 Å². The average Bonchev–Trinajstić information content (AvgIpc) is 3.02. The molecule has 6 nitrogen and oxygen atoms in total. The molecule has 0 aromatic heterocycles. The Balaban J connectivity index is 1.53. The highest BCUT2D eigenvalue weighted by Crippen LogP contribution is 2.28.